The van der Waals surface area contributed by atoms with Crippen molar-refractivity contribution in [2.24, 2.45) is 11.8 Å². The molecule has 36 heavy (non-hydrogen) atoms. The van der Waals surface area contributed by atoms with Crippen LogP contribution in [-0.2, 0) is 29.6 Å². The van der Waals surface area contributed by atoms with Crippen molar-refractivity contribution in [3.8, 4) is 28.7 Å². The average Bonchev–Trinajstić information content (AvgIpc) is 3.47. The average molecular weight is 520 g/mol. The van der Waals surface area contributed by atoms with Crippen molar-refractivity contribution in [2.75, 3.05) is 40.8 Å². The van der Waals surface area contributed by atoms with Crippen LogP contribution in [0.5, 0.6) is 28.7 Å². The molecule has 2 aliphatic heterocycles. The van der Waals surface area contributed by atoms with Crippen molar-refractivity contribution in [1.82, 2.24) is 0 Å². The van der Waals surface area contributed by atoms with Crippen LogP contribution in [0.3, 0.4) is 0 Å². The van der Waals surface area contributed by atoms with Crippen LogP contribution < -0.4 is 23.5 Å². The topological polar surface area (TPSA) is 108 Å². The molecule has 5 rings (SSSR count). The molecule has 1 saturated heterocycles. The summed E-state index contributed by atoms with van der Waals surface area (Å²) in [5.41, 5.74) is 2.78. The Morgan fingerprint density at radius 1 is 0.944 bits per heavy atom. The van der Waals surface area contributed by atoms with Crippen molar-refractivity contribution in [3.63, 3.8) is 0 Å². The summed E-state index contributed by atoms with van der Waals surface area (Å²) in [5.74, 6) is 0.959. The maximum atomic E-state index is 13.1. The fourth-order valence-electron chi connectivity index (χ4n) is 5.19. The van der Waals surface area contributed by atoms with E-state index in [1.54, 1.807) is 26.0 Å². The third kappa shape index (κ3) is 4.27. The van der Waals surface area contributed by atoms with E-state index in [1.807, 2.05) is 12.1 Å². The van der Waals surface area contributed by atoms with Gasteiger partial charge in [-0.05, 0) is 61.2 Å². The molecule has 2 aromatic rings. The molecule has 0 radical (unpaired) electrons. The Balaban J connectivity index is 1.63. The molecule has 2 aromatic carbocycles. The highest BCUT2D eigenvalue weighted by Crippen LogP contribution is 2.56. The lowest BCUT2D eigenvalue weighted by atomic mass is 9.67. The molecule has 0 N–H and O–H groups in total. The molecule has 1 aliphatic carbocycles. The zero-order chi connectivity index (χ0) is 25.4. The number of carbonyl (C=O) groups excluding carboxylic acids is 1. The molecular formula is C25H29O10P. The zero-order valence-electron chi connectivity index (χ0n) is 20.6. The summed E-state index contributed by atoms with van der Waals surface area (Å²) in [4.78, 5) is 12.9. The van der Waals surface area contributed by atoms with Gasteiger partial charge in [-0.15, -0.1) is 0 Å². The minimum absolute atomic E-state index is 0.0133. The largest absolute Gasteiger partial charge is 0.530 e. The number of phosphoric ester groups is 1. The third-order valence-corrected chi connectivity index (χ3v) is 8.21. The van der Waals surface area contributed by atoms with Crippen LogP contribution in [0.4, 0.5) is 0 Å². The quantitative estimate of drug-likeness (QED) is 0.347. The molecule has 3 aliphatic rings. The Morgan fingerprint density at radius 2 is 1.58 bits per heavy atom. The summed E-state index contributed by atoms with van der Waals surface area (Å²) in [6.07, 6.45) is 0.695. The number of benzene rings is 2. The van der Waals surface area contributed by atoms with Gasteiger partial charge in [0.1, 0.15) is 0 Å². The maximum absolute atomic E-state index is 13.1. The van der Waals surface area contributed by atoms with Crippen LogP contribution in [0.2, 0.25) is 0 Å². The number of hydrogen-bond acceptors (Lipinski definition) is 10. The van der Waals surface area contributed by atoms with E-state index < -0.39 is 13.7 Å². The number of hydrogen-bond donors (Lipinski definition) is 0. The number of carbonyl (C=O) groups is 1. The van der Waals surface area contributed by atoms with Gasteiger partial charge in [-0.1, -0.05) is 0 Å². The van der Waals surface area contributed by atoms with Gasteiger partial charge in [0.2, 0.25) is 12.5 Å². The van der Waals surface area contributed by atoms with Gasteiger partial charge < -0.3 is 28.2 Å². The molecule has 0 spiro atoms. The minimum Gasteiger partial charge on any atom is -0.493 e. The molecule has 2 heterocycles. The fourth-order valence-corrected chi connectivity index (χ4v) is 6.41. The van der Waals surface area contributed by atoms with Gasteiger partial charge in [0, 0.05) is 11.8 Å². The van der Waals surface area contributed by atoms with Crippen LogP contribution in [0.1, 0.15) is 36.5 Å². The molecule has 3 atom stereocenters. The van der Waals surface area contributed by atoms with E-state index in [-0.39, 0.29) is 55.1 Å². The second-order valence-electron chi connectivity index (χ2n) is 8.63. The van der Waals surface area contributed by atoms with Crippen molar-refractivity contribution >= 4 is 13.8 Å². The van der Waals surface area contributed by atoms with E-state index >= 15 is 0 Å². The summed E-state index contributed by atoms with van der Waals surface area (Å²) in [7, 11) is -0.985. The standard InChI is InChI=1S/C25H29O10P/c1-5-33-36(27,34-6-2)35-24-20(28-3)9-15(10-21(24)29-4)22-17-11-19-18(31-13-32-19)8-14(17)7-16-12-30-25(26)23(16)22/h8-11,16,22-23H,5-7,12-13H2,1-4H3/t16-,22+,23-/m0/s1. The molecule has 194 valence electrons. The van der Waals surface area contributed by atoms with E-state index in [4.69, 9.17) is 37.3 Å². The normalized spacial score (nSPS) is 22.0. The summed E-state index contributed by atoms with van der Waals surface area (Å²) < 4.78 is 57.4. The van der Waals surface area contributed by atoms with E-state index in [0.717, 1.165) is 16.7 Å². The van der Waals surface area contributed by atoms with Crippen molar-refractivity contribution < 1.29 is 46.6 Å². The van der Waals surface area contributed by atoms with Crippen LogP contribution in [0, 0.1) is 11.8 Å². The number of esters is 1. The molecule has 0 bridgehead atoms. The van der Waals surface area contributed by atoms with E-state index in [9.17, 15) is 9.36 Å². The Kier molecular flexibility index (Phi) is 6.76. The lowest BCUT2D eigenvalue weighted by Gasteiger charge is -2.34. The highest BCUT2D eigenvalue weighted by molar-refractivity contribution is 7.48. The number of ether oxygens (including phenoxy) is 5. The van der Waals surface area contributed by atoms with Gasteiger partial charge in [-0.3, -0.25) is 13.8 Å². The minimum atomic E-state index is -3.92. The van der Waals surface area contributed by atoms with Gasteiger partial charge in [0.25, 0.3) is 0 Å². The van der Waals surface area contributed by atoms with Gasteiger partial charge in [-0.2, -0.15) is 0 Å². The monoisotopic (exact) mass is 520 g/mol. The van der Waals surface area contributed by atoms with Gasteiger partial charge in [0.05, 0.1) is 40.0 Å². The van der Waals surface area contributed by atoms with E-state index in [2.05, 4.69) is 0 Å². The molecular weight excluding hydrogens is 491 g/mol. The zero-order valence-corrected chi connectivity index (χ0v) is 21.5. The van der Waals surface area contributed by atoms with E-state index in [0.29, 0.717) is 24.5 Å². The van der Waals surface area contributed by atoms with E-state index in [1.165, 1.54) is 14.2 Å². The molecule has 0 amide bonds. The second-order valence-corrected chi connectivity index (χ2v) is 10.2. The lowest BCUT2D eigenvalue weighted by molar-refractivity contribution is -0.141. The molecule has 0 unspecified atom stereocenters. The Hall–Kier alpha value is -2.94. The maximum Gasteiger partial charge on any atom is 0.530 e. The highest BCUT2D eigenvalue weighted by Gasteiger charge is 2.48. The molecule has 0 saturated carbocycles. The third-order valence-electron chi connectivity index (χ3n) is 6.65. The fraction of sp³-hybridized carbons (Fsp3) is 0.480. The Labute approximate surface area is 209 Å². The Morgan fingerprint density at radius 3 is 2.19 bits per heavy atom. The molecule has 0 aromatic heterocycles. The molecule has 11 heteroatoms. The Bertz CT molecular complexity index is 1180. The first-order valence-electron chi connectivity index (χ1n) is 11.8. The summed E-state index contributed by atoms with van der Waals surface area (Å²) >= 11 is 0. The van der Waals surface area contributed by atoms with Crippen molar-refractivity contribution in [1.29, 1.82) is 0 Å². The van der Waals surface area contributed by atoms with Crippen LogP contribution in [-0.4, -0.2) is 46.8 Å². The molecule has 1 fully saturated rings. The number of cyclic esters (lactones) is 1. The highest BCUT2D eigenvalue weighted by atomic mass is 31.2. The van der Waals surface area contributed by atoms with Gasteiger partial charge in [-0.25, -0.2) is 4.57 Å². The number of rotatable bonds is 9. The first kappa shape index (κ1) is 24.7. The van der Waals surface area contributed by atoms with Crippen molar-refractivity contribution in [2.45, 2.75) is 26.2 Å². The smallest absolute Gasteiger partial charge is 0.493 e. The molecule has 10 nitrogen and oxygen atoms in total. The number of methoxy groups -OCH3 is 2. The summed E-state index contributed by atoms with van der Waals surface area (Å²) in [6, 6.07) is 7.43. The summed E-state index contributed by atoms with van der Waals surface area (Å²) in [6.45, 7) is 4.14. The predicted molar refractivity (Wildman–Crippen MR) is 127 cm³/mol. The lowest BCUT2D eigenvalue weighted by Crippen LogP contribution is -2.31. The number of phosphoric acid groups is 1. The number of fused-ring (bicyclic) bond motifs is 3. The summed E-state index contributed by atoms with van der Waals surface area (Å²) in [5, 5.41) is 0. The second kappa shape index (κ2) is 9.84. The van der Waals surface area contributed by atoms with Crippen LogP contribution in [0.15, 0.2) is 24.3 Å². The van der Waals surface area contributed by atoms with Crippen molar-refractivity contribution in [3.05, 3.63) is 41.0 Å². The first-order chi connectivity index (χ1) is 17.4. The van der Waals surface area contributed by atoms with Gasteiger partial charge >= 0.3 is 13.8 Å². The van der Waals surface area contributed by atoms with Crippen LogP contribution in [0.25, 0.3) is 0 Å². The predicted octanol–water partition coefficient (Wildman–Crippen LogP) is 4.47. The SMILES string of the molecule is CCOP(=O)(OCC)Oc1c(OC)cc([C@@H]2c3cc4c(cc3C[C@H]3COC(=O)[C@@H]32)OCO4)cc1OC. The van der Waals surface area contributed by atoms with Crippen LogP contribution >= 0.6 is 7.82 Å². The van der Waals surface area contributed by atoms with Gasteiger partial charge in [0.15, 0.2) is 23.0 Å². The first-order valence-corrected chi connectivity index (χ1v) is 13.3.